The smallest absolute Gasteiger partial charge is 0.410 e. The van der Waals surface area contributed by atoms with Crippen LogP contribution in [-0.2, 0) is 19.0 Å². The third kappa shape index (κ3) is 11.2. The molecule has 2 saturated heterocycles. The minimum Gasteiger partial charge on any atom is -0.457 e. The summed E-state index contributed by atoms with van der Waals surface area (Å²) in [6, 6.07) is 0. The lowest BCUT2D eigenvalue weighted by molar-refractivity contribution is -0.894. The van der Waals surface area contributed by atoms with Crippen molar-refractivity contribution in [1.82, 2.24) is 4.90 Å². The molecule has 3 aliphatic rings. The van der Waals surface area contributed by atoms with Crippen molar-refractivity contribution < 1.29 is 38.5 Å². The van der Waals surface area contributed by atoms with Crippen molar-refractivity contribution in [2.24, 2.45) is 23.7 Å². The highest BCUT2D eigenvalue weighted by molar-refractivity contribution is 5.70. The van der Waals surface area contributed by atoms with Crippen LogP contribution in [0.3, 0.4) is 0 Å². The summed E-state index contributed by atoms with van der Waals surface area (Å²) in [5, 5.41) is 21.6. The topological polar surface area (TPSA) is 109 Å². The zero-order valence-electron chi connectivity index (χ0n) is 29.3. The number of cyclic esters (lactones) is 1. The Labute approximate surface area is 271 Å². The zero-order valence-corrected chi connectivity index (χ0v) is 29.3. The molecule has 3 aliphatic heterocycles. The van der Waals surface area contributed by atoms with Gasteiger partial charge in [-0.1, -0.05) is 58.9 Å². The summed E-state index contributed by atoms with van der Waals surface area (Å²) in [5.41, 5.74) is -0.382. The fourth-order valence-corrected chi connectivity index (χ4v) is 6.33. The molecule has 0 spiro atoms. The summed E-state index contributed by atoms with van der Waals surface area (Å²) >= 11 is 0. The maximum atomic E-state index is 13.2. The molecule has 2 N–H and O–H groups in total. The Balaban J connectivity index is 1.71. The lowest BCUT2D eigenvalue weighted by Gasteiger charge is -2.39. The van der Waals surface area contributed by atoms with E-state index in [-0.39, 0.29) is 54.4 Å². The van der Waals surface area contributed by atoms with Crippen LogP contribution in [0.4, 0.5) is 4.79 Å². The Morgan fingerprint density at radius 3 is 2.53 bits per heavy atom. The molecule has 2 fully saturated rings. The first kappa shape index (κ1) is 37.3. The van der Waals surface area contributed by atoms with Gasteiger partial charge in [0.1, 0.15) is 11.7 Å². The number of amides is 1. The molecule has 0 aromatic carbocycles. The Kier molecular flexibility index (Phi) is 13.3. The second-order valence-electron chi connectivity index (χ2n) is 15.0. The standard InChI is InChI=1S/C36H61N2O7/c1-10-29(39)28(6)34-30(43-34)22-24(2)12-11-13-26(4)33-27(5)14-15-31(36(7,42)17-16-25(3)23-32(40)45-33)44-35(41)37-18-20-38(8,9)21-19-37/h11-15,24-25,27-31,33-34,39,42H,10,16-23H2,1-9H3/q+1/b12-11+,15-14+,26-13+/t24-,25-,27+,28-,29+,30-,31+,33-,34-,36-/m1/s1. The van der Waals surface area contributed by atoms with Crippen LogP contribution in [0, 0.1) is 23.7 Å². The zero-order chi connectivity index (χ0) is 33.5. The van der Waals surface area contributed by atoms with Crippen molar-refractivity contribution in [3.63, 3.8) is 0 Å². The number of piperazine rings is 1. The van der Waals surface area contributed by atoms with Gasteiger partial charge in [-0.25, -0.2) is 4.79 Å². The summed E-state index contributed by atoms with van der Waals surface area (Å²) in [4.78, 5) is 27.9. The van der Waals surface area contributed by atoms with E-state index in [0.29, 0.717) is 25.9 Å². The Bertz CT molecular complexity index is 1070. The molecule has 0 radical (unpaired) electrons. The number of epoxide rings is 1. The average Bonchev–Trinajstić information content (AvgIpc) is 3.73. The fourth-order valence-electron chi connectivity index (χ4n) is 6.33. The number of aliphatic hydroxyl groups excluding tert-OH is 1. The third-order valence-corrected chi connectivity index (χ3v) is 10.1. The van der Waals surface area contributed by atoms with Gasteiger partial charge in [0.2, 0.25) is 0 Å². The Morgan fingerprint density at radius 2 is 1.89 bits per heavy atom. The number of hydrogen-bond acceptors (Lipinski definition) is 7. The van der Waals surface area contributed by atoms with Crippen molar-refractivity contribution in [3.8, 4) is 0 Å². The van der Waals surface area contributed by atoms with Gasteiger partial charge in [0.05, 0.1) is 58.6 Å². The second-order valence-corrected chi connectivity index (χ2v) is 15.0. The van der Waals surface area contributed by atoms with Crippen molar-refractivity contribution in [2.45, 2.75) is 117 Å². The number of likely N-dealkylation sites (N-methyl/N-ethyl adjacent to an activating group) is 1. The van der Waals surface area contributed by atoms with Crippen LogP contribution in [0.25, 0.3) is 0 Å². The molecule has 0 aromatic rings. The predicted molar refractivity (Wildman–Crippen MR) is 176 cm³/mol. The van der Waals surface area contributed by atoms with E-state index in [1.54, 1.807) is 17.9 Å². The highest BCUT2D eigenvalue weighted by Crippen LogP contribution is 2.36. The molecule has 3 heterocycles. The lowest BCUT2D eigenvalue weighted by atomic mass is 9.87. The van der Waals surface area contributed by atoms with Crippen LogP contribution in [-0.4, -0.2) is 108 Å². The molecule has 0 bridgehead atoms. The van der Waals surface area contributed by atoms with Crippen molar-refractivity contribution in [2.75, 3.05) is 40.3 Å². The maximum Gasteiger partial charge on any atom is 0.410 e. The van der Waals surface area contributed by atoms with E-state index in [9.17, 15) is 19.8 Å². The van der Waals surface area contributed by atoms with Gasteiger partial charge in [0.15, 0.2) is 6.10 Å². The number of esters is 1. The van der Waals surface area contributed by atoms with E-state index < -0.39 is 23.9 Å². The van der Waals surface area contributed by atoms with Crippen molar-refractivity contribution in [3.05, 3.63) is 36.0 Å². The van der Waals surface area contributed by atoms with Crippen LogP contribution in [0.5, 0.6) is 0 Å². The number of rotatable bonds is 9. The molecule has 9 heteroatoms. The quantitative estimate of drug-likeness (QED) is 0.117. The summed E-state index contributed by atoms with van der Waals surface area (Å²) < 4.78 is 18.7. The predicted octanol–water partition coefficient (Wildman–Crippen LogP) is 5.26. The highest BCUT2D eigenvalue weighted by Gasteiger charge is 2.45. The normalized spacial score (nSPS) is 35.8. The largest absolute Gasteiger partial charge is 0.457 e. The molecular weight excluding hydrogens is 572 g/mol. The number of aliphatic hydroxyl groups is 2. The van der Waals surface area contributed by atoms with Crippen LogP contribution in [0.15, 0.2) is 36.0 Å². The number of hydrogen-bond donors (Lipinski definition) is 2. The van der Waals surface area contributed by atoms with Gasteiger partial charge in [-0.2, -0.15) is 0 Å². The molecule has 45 heavy (non-hydrogen) atoms. The van der Waals surface area contributed by atoms with Gasteiger partial charge < -0.3 is 28.9 Å². The van der Waals surface area contributed by atoms with Crippen LogP contribution >= 0.6 is 0 Å². The molecule has 256 valence electrons. The minimum atomic E-state index is -1.29. The first-order valence-corrected chi connectivity index (χ1v) is 17.1. The molecule has 0 aromatic heterocycles. The monoisotopic (exact) mass is 633 g/mol. The summed E-state index contributed by atoms with van der Waals surface area (Å²) in [6.07, 6.45) is 10.9. The van der Waals surface area contributed by atoms with Gasteiger partial charge in [-0.15, -0.1) is 0 Å². The van der Waals surface area contributed by atoms with E-state index in [2.05, 4.69) is 27.1 Å². The number of carbonyl (C=O) groups excluding carboxylic acids is 2. The molecule has 0 unspecified atom stereocenters. The van der Waals surface area contributed by atoms with E-state index in [1.807, 2.05) is 52.8 Å². The number of carbonyl (C=O) groups is 2. The van der Waals surface area contributed by atoms with Gasteiger partial charge in [-0.05, 0) is 63.0 Å². The molecule has 9 nitrogen and oxygen atoms in total. The highest BCUT2D eigenvalue weighted by atomic mass is 16.6. The van der Waals surface area contributed by atoms with Crippen molar-refractivity contribution >= 4 is 12.1 Å². The molecule has 0 saturated carbocycles. The van der Waals surface area contributed by atoms with Gasteiger partial charge in [-0.3, -0.25) is 9.69 Å². The fraction of sp³-hybridized carbons (Fsp3) is 0.778. The maximum absolute atomic E-state index is 13.2. The molecule has 0 aliphatic carbocycles. The molecule has 10 atom stereocenters. The first-order valence-electron chi connectivity index (χ1n) is 17.1. The first-order chi connectivity index (χ1) is 21.0. The SMILES string of the molecule is CC[C@H](O)[C@@H](C)[C@H]1O[C@@H]1C[C@H](C)/C=C/C=C(\C)[C@H]1OC(=O)C[C@H](C)CC[C@@](C)(O)[C@@H](OC(=O)N2CC[N+](C)(C)CC2)/C=C/[C@@H]1C. The number of ether oxygens (including phenoxy) is 3. The Hall–Kier alpha value is -2.20. The molecular formula is C36H61N2O7+. The van der Waals surface area contributed by atoms with E-state index in [4.69, 9.17) is 14.2 Å². The van der Waals surface area contributed by atoms with Crippen molar-refractivity contribution in [1.29, 1.82) is 0 Å². The van der Waals surface area contributed by atoms with E-state index >= 15 is 0 Å². The van der Waals surface area contributed by atoms with E-state index in [0.717, 1.165) is 36.0 Å². The van der Waals surface area contributed by atoms with Gasteiger partial charge in [0.25, 0.3) is 0 Å². The second kappa shape index (κ2) is 16.1. The summed E-state index contributed by atoms with van der Waals surface area (Å²) in [6.45, 7) is 16.7. The lowest BCUT2D eigenvalue weighted by Crippen LogP contribution is -2.57. The summed E-state index contributed by atoms with van der Waals surface area (Å²) in [5.74, 6) is -0.0542. The molecule has 1 amide bonds. The summed E-state index contributed by atoms with van der Waals surface area (Å²) in [7, 11) is 4.31. The third-order valence-electron chi connectivity index (χ3n) is 10.1. The number of nitrogens with zero attached hydrogens (tertiary/aromatic N) is 2. The number of quaternary nitrogens is 1. The Morgan fingerprint density at radius 1 is 1.22 bits per heavy atom. The minimum absolute atomic E-state index is 0.00133. The van der Waals surface area contributed by atoms with Gasteiger partial charge in [0, 0.05) is 18.3 Å². The van der Waals surface area contributed by atoms with Crippen LogP contribution in [0.2, 0.25) is 0 Å². The van der Waals surface area contributed by atoms with E-state index in [1.165, 1.54) is 0 Å². The van der Waals surface area contributed by atoms with Crippen LogP contribution in [0.1, 0.15) is 80.6 Å². The number of allylic oxidation sites excluding steroid dienone is 3. The molecule has 3 rings (SSSR count). The average molecular weight is 634 g/mol. The van der Waals surface area contributed by atoms with Crippen LogP contribution < -0.4 is 0 Å². The van der Waals surface area contributed by atoms with Gasteiger partial charge >= 0.3 is 12.1 Å².